The second-order valence-electron chi connectivity index (χ2n) is 10.8. The van der Waals surface area contributed by atoms with E-state index in [1.54, 1.807) is 39.9 Å². The molecule has 0 atom stereocenters. The fourth-order valence-electron chi connectivity index (χ4n) is 4.38. The van der Waals surface area contributed by atoms with Crippen molar-refractivity contribution in [3.05, 3.63) is 47.5 Å². The molecule has 3 amide bonds. The summed E-state index contributed by atoms with van der Waals surface area (Å²) in [4.78, 5) is 28.9. The molecule has 1 saturated heterocycles. The van der Waals surface area contributed by atoms with Crippen molar-refractivity contribution >= 4 is 17.8 Å². The highest BCUT2D eigenvalue weighted by atomic mass is 16.6. The molecule has 9 heteroatoms. The first-order chi connectivity index (χ1) is 19.6. The van der Waals surface area contributed by atoms with Gasteiger partial charge in [0, 0.05) is 36.0 Å². The van der Waals surface area contributed by atoms with Gasteiger partial charge in [-0.15, -0.1) is 0 Å². The van der Waals surface area contributed by atoms with Crippen LogP contribution in [0.1, 0.15) is 64.5 Å². The van der Waals surface area contributed by atoms with Crippen molar-refractivity contribution in [2.75, 3.05) is 45.4 Å². The first-order valence-corrected chi connectivity index (χ1v) is 14.1. The molecule has 41 heavy (non-hydrogen) atoms. The van der Waals surface area contributed by atoms with Crippen LogP contribution in [0.2, 0.25) is 0 Å². The van der Waals surface area contributed by atoms with Gasteiger partial charge in [-0.3, -0.25) is 4.90 Å². The molecule has 9 nitrogen and oxygen atoms in total. The van der Waals surface area contributed by atoms with Crippen molar-refractivity contribution in [3.8, 4) is 29.1 Å². The van der Waals surface area contributed by atoms with E-state index in [0.29, 0.717) is 43.5 Å². The van der Waals surface area contributed by atoms with E-state index in [4.69, 9.17) is 18.9 Å². The standard InChI is InChI=1S/C32H43N3O6/c1-7-8-9-20-40-29-22-26(15-16-27(29)38-5)35-19-11-18-34(31(35)37)23-25-14-13-24(21-28(25)39-6)12-10-17-33-30(36)41-32(2,3)4/h13-16,21-22H,7-9,11,17-20,23H2,1-6H3,(H,33,36). The first-order valence-electron chi connectivity index (χ1n) is 14.1. The summed E-state index contributed by atoms with van der Waals surface area (Å²) < 4.78 is 22.3. The van der Waals surface area contributed by atoms with Crippen LogP contribution in [-0.4, -0.2) is 63.1 Å². The van der Waals surface area contributed by atoms with Gasteiger partial charge >= 0.3 is 12.1 Å². The number of methoxy groups -OCH3 is 2. The lowest BCUT2D eigenvalue weighted by Crippen LogP contribution is -2.49. The number of ether oxygens (including phenoxy) is 4. The molecule has 0 saturated carbocycles. The van der Waals surface area contributed by atoms with Gasteiger partial charge in [0.15, 0.2) is 11.5 Å². The molecule has 1 aliphatic heterocycles. The van der Waals surface area contributed by atoms with Crippen molar-refractivity contribution in [2.45, 2.75) is 65.5 Å². The summed E-state index contributed by atoms with van der Waals surface area (Å²) in [7, 11) is 3.22. The Morgan fingerprint density at radius 1 is 1.00 bits per heavy atom. The molecule has 0 spiro atoms. The first kappa shape index (κ1) is 31.5. The minimum absolute atomic E-state index is 0.0718. The van der Waals surface area contributed by atoms with Crippen molar-refractivity contribution in [1.82, 2.24) is 10.2 Å². The Labute approximate surface area is 244 Å². The summed E-state index contributed by atoms with van der Waals surface area (Å²) >= 11 is 0. The van der Waals surface area contributed by atoms with Gasteiger partial charge < -0.3 is 29.2 Å². The van der Waals surface area contributed by atoms with Crippen molar-refractivity contribution < 1.29 is 28.5 Å². The van der Waals surface area contributed by atoms with Gasteiger partial charge in [-0.25, -0.2) is 9.59 Å². The monoisotopic (exact) mass is 565 g/mol. The van der Waals surface area contributed by atoms with Gasteiger partial charge in [0.1, 0.15) is 11.4 Å². The molecule has 222 valence electrons. The third kappa shape index (κ3) is 9.52. The Balaban J connectivity index is 1.67. The van der Waals surface area contributed by atoms with E-state index in [2.05, 4.69) is 24.1 Å². The number of carbonyl (C=O) groups excluding carboxylic acids is 2. The number of anilines is 1. The Kier molecular flexibility index (Phi) is 11.6. The average Bonchev–Trinajstić information content (AvgIpc) is 2.94. The largest absolute Gasteiger partial charge is 0.496 e. The SMILES string of the molecule is CCCCCOc1cc(N2CCCN(Cc3ccc(C#CCNC(=O)OC(C)(C)C)cc3OC)C2=O)ccc1OC. The second-order valence-corrected chi connectivity index (χ2v) is 10.8. The highest BCUT2D eigenvalue weighted by Crippen LogP contribution is 2.34. The van der Waals surface area contributed by atoms with Crippen LogP contribution in [0.15, 0.2) is 36.4 Å². The maximum atomic E-state index is 13.5. The van der Waals surface area contributed by atoms with Crippen LogP contribution >= 0.6 is 0 Å². The molecule has 2 aromatic carbocycles. The molecule has 0 bridgehead atoms. The number of rotatable bonds is 11. The molecule has 3 rings (SSSR count). The van der Waals surface area contributed by atoms with E-state index in [9.17, 15) is 9.59 Å². The molecule has 2 aromatic rings. The zero-order chi connectivity index (χ0) is 29.8. The molecular weight excluding hydrogens is 522 g/mol. The lowest BCUT2D eigenvalue weighted by Gasteiger charge is -2.36. The molecule has 0 aromatic heterocycles. The molecule has 1 aliphatic rings. The van der Waals surface area contributed by atoms with E-state index in [1.807, 2.05) is 41.3 Å². The van der Waals surface area contributed by atoms with Crippen LogP contribution in [0.4, 0.5) is 15.3 Å². The maximum Gasteiger partial charge on any atom is 0.408 e. The number of nitrogens with one attached hydrogen (secondary N) is 1. The van der Waals surface area contributed by atoms with Crippen molar-refractivity contribution in [2.24, 2.45) is 0 Å². The van der Waals surface area contributed by atoms with Crippen LogP contribution < -0.4 is 24.4 Å². The van der Waals surface area contributed by atoms with E-state index >= 15 is 0 Å². The number of unbranched alkanes of at least 4 members (excludes halogenated alkanes) is 2. The molecule has 1 heterocycles. The summed E-state index contributed by atoms with van der Waals surface area (Å²) in [6.45, 7) is 10.0. The summed E-state index contributed by atoms with van der Waals surface area (Å²) in [5.74, 6) is 7.90. The number of alkyl carbamates (subject to hydrolysis) is 1. The summed E-state index contributed by atoms with van der Waals surface area (Å²) in [5, 5.41) is 2.62. The number of urea groups is 1. The minimum Gasteiger partial charge on any atom is -0.496 e. The molecule has 0 aliphatic carbocycles. The van der Waals surface area contributed by atoms with Crippen LogP contribution in [-0.2, 0) is 11.3 Å². The van der Waals surface area contributed by atoms with Gasteiger partial charge in [-0.1, -0.05) is 37.7 Å². The highest BCUT2D eigenvalue weighted by Gasteiger charge is 2.28. The Bertz CT molecular complexity index is 1240. The predicted octanol–water partition coefficient (Wildman–Crippen LogP) is 5.98. The van der Waals surface area contributed by atoms with Crippen LogP contribution in [0.5, 0.6) is 17.2 Å². The van der Waals surface area contributed by atoms with Gasteiger partial charge in [0.05, 0.1) is 33.9 Å². The van der Waals surface area contributed by atoms with E-state index in [0.717, 1.165) is 42.5 Å². The number of hydrogen-bond donors (Lipinski definition) is 1. The fourth-order valence-corrected chi connectivity index (χ4v) is 4.38. The molecule has 0 radical (unpaired) electrons. The van der Waals surface area contributed by atoms with E-state index in [1.165, 1.54) is 0 Å². The van der Waals surface area contributed by atoms with Gasteiger partial charge in [0.2, 0.25) is 0 Å². The number of carbonyl (C=O) groups is 2. The zero-order valence-corrected chi connectivity index (χ0v) is 25.2. The number of hydrogen-bond acceptors (Lipinski definition) is 6. The Morgan fingerprint density at radius 2 is 1.78 bits per heavy atom. The van der Waals surface area contributed by atoms with E-state index < -0.39 is 11.7 Å². The molecule has 1 N–H and O–H groups in total. The third-order valence-corrected chi connectivity index (χ3v) is 6.38. The summed E-state index contributed by atoms with van der Waals surface area (Å²) in [6.07, 6.45) is 3.51. The van der Waals surface area contributed by atoms with Crippen LogP contribution in [0.25, 0.3) is 0 Å². The Morgan fingerprint density at radius 3 is 2.49 bits per heavy atom. The molecule has 0 unspecified atom stereocenters. The fraction of sp³-hybridized carbons (Fsp3) is 0.500. The van der Waals surface area contributed by atoms with Gasteiger partial charge in [-0.05, 0) is 57.9 Å². The van der Waals surface area contributed by atoms with E-state index in [-0.39, 0.29) is 12.6 Å². The normalized spacial score (nSPS) is 13.3. The number of benzene rings is 2. The Hall–Kier alpha value is -4.06. The second kappa shape index (κ2) is 15.1. The minimum atomic E-state index is -0.562. The van der Waals surface area contributed by atoms with Gasteiger partial charge in [-0.2, -0.15) is 0 Å². The maximum absolute atomic E-state index is 13.5. The van der Waals surface area contributed by atoms with Crippen molar-refractivity contribution in [3.63, 3.8) is 0 Å². The summed E-state index contributed by atoms with van der Waals surface area (Å²) in [6, 6.07) is 11.2. The molecular formula is C32H43N3O6. The van der Waals surface area contributed by atoms with Crippen molar-refractivity contribution in [1.29, 1.82) is 0 Å². The number of nitrogens with zero attached hydrogens (tertiary/aromatic N) is 2. The topological polar surface area (TPSA) is 89.6 Å². The predicted molar refractivity (Wildman–Crippen MR) is 160 cm³/mol. The zero-order valence-electron chi connectivity index (χ0n) is 25.2. The summed E-state index contributed by atoms with van der Waals surface area (Å²) in [5.41, 5.74) is 1.85. The van der Waals surface area contributed by atoms with Crippen LogP contribution in [0.3, 0.4) is 0 Å². The third-order valence-electron chi connectivity index (χ3n) is 6.38. The molecule has 1 fully saturated rings. The average molecular weight is 566 g/mol. The highest BCUT2D eigenvalue weighted by molar-refractivity contribution is 5.93. The van der Waals surface area contributed by atoms with Crippen LogP contribution in [0, 0.1) is 11.8 Å². The lowest BCUT2D eigenvalue weighted by atomic mass is 10.1. The lowest BCUT2D eigenvalue weighted by molar-refractivity contribution is 0.0535. The quantitative estimate of drug-likeness (QED) is 0.266. The number of amides is 3. The smallest absolute Gasteiger partial charge is 0.408 e. The van der Waals surface area contributed by atoms with Gasteiger partial charge in [0.25, 0.3) is 0 Å².